The summed E-state index contributed by atoms with van der Waals surface area (Å²) in [6.45, 7) is 0. The van der Waals surface area contributed by atoms with E-state index in [2.05, 4.69) is 119 Å². The van der Waals surface area contributed by atoms with E-state index in [0.717, 1.165) is 67.1 Å². The Hall–Kier alpha value is -4.34. The molecule has 0 atom stereocenters. The van der Waals surface area contributed by atoms with Crippen molar-refractivity contribution in [1.29, 1.82) is 0 Å². The molecule has 2 N–H and O–H groups in total. The molecule has 5 heteroatoms. The second kappa shape index (κ2) is 9.61. The summed E-state index contributed by atoms with van der Waals surface area (Å²) in [6.07, 6.45) is 8.32. The van der Waals surface area contributed by atoms with Gasteiger partial charge in [-0.1, -0.05) is 60.7 Å². The molecule has 5 heterocycles. The van der Waals surface area contributed by atoms with Crippen molar-refractivity contribution in [3.63, 3.8) is 0 Å². The number of nitrogens with one attached hydrogen (secondary N) is 2. The average molecular weight is 528 g/mol. The predicted octanol–water partition coefficient (Wildman–Crippen LogP) is 7.99. The molecule has 7 rings (SSSR count). The van der Waals surface area contributed by atoms with Gasteiger partial charge in [0.1, 0.15) is 0 Å². The third-order valence-electron chi connectivity index (χ3n) is 6.52. The zero-order chi connectivity index (χ0) is 23.9. The van der Waals surface area contributed by atoms with Crippen molar-refractivity contribution in [1.82, 2.24) is 19.9 Å². The minimum Gasteiger partial charge on any atom is -0.355 e. The fourth-order valence-corrected chi connectivity index (χ4v) is 4.89. The molecule has 0 aliphatic carbocycles. The third kappa shape index (κ3) is 4.39. The number of hydrogen-bond donors (Lipinski definition) is 2. The molecule has 8 bridgehead atoms. The summed E-state index contributed by atoms with van der Waals surface area (Å²) in [4.78, 5) is 17.2. The molecule has 37 heavy (non-hydrogen) atoms. The molecule has 172 valence electrons. The van der Waals surface area contributed by atoms with Crippen LogP contribution in [0.1, 0.15) is 22.8 Å². The van der Waals surface area contributed by atoms with Gasteiger partial charge in [0.15, 0.2) is 0 Å². The van der Waals surface area contributed by atoms with Crippen LogP contribution in [0, 0.1) is 0 Å². The van der Waals surface area contributed by atoms with Crippen molar-refractivity contribution in [3.8, 4) is 22.3 Å². The number of nitrogens with zero attached hydrogens (tertiary/aromatic N) is 2. The summed E-state index contributed by atoms with van der Waals surface area (Å²) in [7, 11) is 0. The quantitative estimate of drug-likeness (QED) is 0.224. The Balaban J connectivity index is 0.00000252. The van der Waals surface area contributed by atoms with Crippen molar-refractivity contribution in [2.24, 2.45) is 0 Å². The topological polar surface area (TPSA) is 57.4 Å². The van der Waals surface area contributed by atoms with E-state index in [4.69, 9.17) is 9.97 Å². The zero-order valence-electron chi connectivity index (χ0n) is 20.1. The van der Waals surface area contributed by atoms with Crippen LogP contribution in [0.3, 0.4) is 0 Å². The van der Waals surface area contributed by atoms with Crippen molar-refractivity contribution in [2.75, 3.05) is 0 Å². The SMILES string of the molecule is C1=Cc2nc1cc1ccc([nH]1)c(-c1ccccc1)c1nc(cc3ccc([nH]3)c2-c2ccccc2)C=C1.[Zn]. The Morgan fingerprint density at radius 1 is 0.459 bits per heavy atom. The van der Waals surface area contributed by atoms with E-state index in [9.17, 15) is 0 Å². The van der Waals surface area contributed by atoms with E-state index in [-0.39, 0.29) is 19.5 Å². The van der Waals surface area contributed by atoms with Gasteiger partial charge in [0.05, 0.1) is 22.8 Å². The molecule has 2 aliphatic heterocycles. The van der Waals surface area contributed by atoms with Crippen LogP contribution in [-0.4, -0.2) is 19.9 Å². The van der Waals surface area contributed by atoms with Gasteiger partial charge >= 0.3 is 0 Å². The van der Waals surface area contributed by atoms with Crippen LogP contribution in [0.2, 0.25) is 0 Å². The Bertz CT molecular complexity index is 1690. The molecule has 4 nitrogen and oxygen atoms in total. The maximum absolute atomic E-state index is 4.99. The average Bonchev–Trinajstić information content (AvgIpc) is 3.72. The minimum absolute atomic E-state index is 0. The molecule has 0 spiro atoms. The summed E-state index contributed by atoms with van der Waals surface area (Å²) >= 11 is 0. The monoisotopic (exact) mass is 526 g/mol. The standard InChI is InChI=1S/C32H22N4.Zn/c1-3-7-21(8-4-1)31-27-15-11-23(33-27)19-25-13-17-29(35-25)32(22-9-5-2-6-10-22)30-18-14-26(36-30)20-24-12-16-28(31)34-24;/h1-20,33,36H;. The van der Waals surface area contributed by atoms with Gasteiger partial charge in [-0.2, -0.15) is 0 Å². The van der Waals surface area contributed by atoms with Gasteiger partial charge in [-0.05, 0) is 71.8 Å². The Labute approximate surface area is 227 Å². The molecule has 2 aromatic carbocycles. The van der Waals surface area contributed by atoms with Crippen molar-refractivity contribution in [3.05, 3.63) is 120 Å². The van der Waals surface area contributed by atoms with E-state index in [0.29, 0.717) is 0 Å². The first-order valence-electron chi connectivity index (χ1n) is 12.0. The van der Waals surface area contributed by atoms with Crippen LogP contribution in [0.4, 0.5) is 0 Å². The normalized spacial score (nSPS) is 11.9. The molecular weight excluding hydrogens is 506 g/mol. The van der Waals surface area contributed by atoms with E-state index in [1.54, 1.807) is 0 Å². The first-order valence-corrected chi connectivity index (χ1v) is 12.0. The fourth-order valence-electron chi connectivity index (χ4n) is 4.89. The van der Waals surface area contributed by atoms with Gasteiger partial charge in [0, 0.05) is 52.7 Å². The number of rotatable bonds is 2. The van der Waals surface area contributed by atoms with Gasteiger partial charge in [0.2, 0.25) is 0 Å². The number of H-pyrrole nitrogens is 2. The second-order valence-electron chi connectivity index (χ2n) is 8.94. The Morgan fingerprint density at radius 2 is 0.892 bits per heavy atom. The van der Waals surface area contributed by atoms with Crippen LogP contribution < -0.4 is 0 Å². The Morgan fingerprint density at radius 3 is 1.32 bits per heavy atom. The zero-order valence-corrected chi connectivity index (χ0v) is 23.1. The maximum Gasteiger partial charge on any atom is 0.0736 e. The van der Waals surface area contributed by atoms with Gasteiger partial charge < -0.3 is 9.97 Å². The summed E-state index contributed by atoms with van der Waals surface area (Å²) in [5.74, 6) is 0. The Kier molecular flexibility index (Phi) is 6.00. The summed E-state index contributed by atoms with van der Waals surface area (Å²) in [6, 6.07) is 33.4. The first kappa shape index (κ1) is 23.1. The summed E-state index contributed by atoms with van der Waals surface area (Å²) < 4.78 is 0. The second-order valence-corrected chi connectivity index (χ2v) is 8.94. The molecule has 0 saturated heterocycles. The van der Waals surface area contributed by atoms with E-state index in [1.165, 1.54) is 0 Å². The molecule has 0 fully saturated rings. The van der Waals surface area contributed by atoms with Gasteiger partial charge in [0.25, 0.3) is 0 Å². The van der Waals surface area contributed by atoms with Crippen LogP contribution >= 0.6 is 0 Å². The van der Waals surface area contributed by atoms with Gasteiger partial charge in [-0.25, -0.2) is 9.97 Å². The van der Waals surface area contributed by atoms with Crippen molar-refractivity contribution >= 4 is 46.4 Å². The molecule has 0 unspecified atom stereocenters. The number of fused-ring (bicyclic) bond motifs is 8. The number of benzene rings is 2. The first-order chi connectivity index (χ1) is 17.8. The van der Waals surface area contributed by atoms with Crippen molar-refractivity contribution < 1.29 is 19.5 Å². The maximum atomic E-state index is 4.99. The van der Waals surface area contributed by atoms with Crippen LogP contribution in [-0.2, 0) is 19.5 Å². The van der Waals surface area contributed by atoms with Gasteiger partial charge in [-0.3, -0.25) is 0 Å². The van der Waals surface area contributed by atoms with Crippen molar-refractivity contribution in [2.45, 2.75) is 0 Å². The summed E-state index contributed by atoms with van der Waals surface area (Å²) in [5.41, 5.74) is 12.1. The summed E-state index contributed by atoms with van der Waals surface area (Å²) in [5, 5.41) is 0. The van der Waals surface area contributed by atoms with Gasteiger partial charge in [-0.15, -0.1) is 0 Å². The van der Waals surface area contributed by atoms with E-state index < -0.39 is 0 Å². The number of aromatic amines is 2. The van der Waals surface area contributed by atoms with Crippen LogP contribution in [0.5, 0.6) is 0 Å². The number of aromatic nitrogens is 4. The van der Waals surface area contributed by atoms with Crippen LogP contribution in [0.15, 0.2) is 97.1 Å². The smallest absolute Gasteiger partial charge is 0.0736 e. The molecule has 2 aliphatic rings. The third-order valence-corrected chi connectivity index (χ3v) is 6.52. The number of hydrogen-bond acceptors (Lipinski definition) is 2. The predicted molar refractivity (Wildman–Crippen MR) is 150 cm³/mol. The fraction of sp³-hybridized carbons (Fsp3) is 0. The largest absolute Gasteiger partial charge is 0.355 e. The molecule has 5 aromatic rings. The molecule has 3 aromatic heterocycles. The molecule has 0 radical (unpaired) electrons. The molecule has 0 saturated carbocycles. The molecular formula is C32H22N4Zn. The van der Waals surface area contributed by atoms with E-state index >= 15 is 0 Å². The minimum atomic E-state index is 0. The van der Waals surface area contributed by atoms with E-state index in [1.807, 2.05) is 12.1 Å². The van der Waals surface area contributed by atoms with Crippen LogP contribution in [0.25, 0.3) is 68.6 Å². The molecule has 0 amide bonds.